The van der Waals surface area contributed by atoms with Crippen LogP contribution in [0.3, 0.4) is 0 Å². The van der Waals surface area contributed by atoms with Crippen molar-refractivity contribution < 1.29 is 44.0 Å². The molecule has 0 spiro atoms. The van der Waals surface area contributed by atoms with E-state index in [1.807, 2.05) is 5.38 Å². The van der Waals surface area contributed by atoms with E-state index in [-0.39, 0.29) is 24.2 Å². The van der Waals surface area contributed by atoms with Crippen molar-refractivity contribution in [3.63, 3.8) is 0 Å². The lowest BCUT2D eigenvalue weighted by Gasteiger charge is -2.34. The molecule has 1 aromatic heterocycles. The summed E-state index contributed by atoms with van der Waals surface area (Å²) in [6.07, 6.45) is -1.16. The number of benzene rings is 1. The molecule has 1 saturated heterocycles. The Morgan fingerprint density at radius 1 is 1.07 bits per heavy atom. The summed E-state index contributed by atoms with van der Waals surface area (Å²) >= 11 is 1.37. The topological polar surface area (TPSA) is 181 Å². The Morgan fingerprint density at radius 3 is 2.20 bits per heavy atom. The number of carboxylic acid groups (broad SMARTS) is 3. The fourth-order valence-corrected chi connectivity index (χ4v) is 4.77. The predicted octanol–water partition coefficient (Wildman–Crippen LogP) is 1.39. The first-order valence-electron chi connectivity index (χ1n) is 12.6. The molecule has 12 nitrogen and oxygen atoms in total. The maximum atomic E-state index is 13.9. The number of hydrogen-bond acceptors (Lipinski definition) is 9. The molecular weight excluding hydrogens is 547 g/mol. The minimum atomic E-state index is -2.74. The third-order valence-electron chi connectivity index (χ3n) is 6.22. The SMILES string of the molecule is CCC(CN1CCN(C)CC1)NC(=O)Cc1csc(-c2ccccc2F)n1.O=C(O)CC(O)(CC(=O)O)C(=O)O. The van der Waals surface area contributed by atoms with Gasteiger partial charge in [0.2, 0.25) is 5.91 Å². The van der Waals surface area contributed by atoms with E-state index in [9.17, 15) is 23.6 Å². The molecule has 14 heteroatoms. The van der Waals surface area contributed by atoms with E-state index >= 15 is 0 Å². The number of thiazole rings is 1. The summed E-state index contributed by atoms with van der Waals surface area (Å²) in [6, 6.07) is 6.72. The summed E-state index contributed by atoms with van der Waals surface area (Å²) in [6.45, 7) is 7.21. The van der Waals surface area contributed by atoms with Crippen LogP contribution in [-0.2, 0) is 25.6 Å². The number of aliphatic carboxylic acids is 3. The van der Waals surface area contributed by atoms with Gasteiger partial charge in [-0.3, -0.25) is 19.3 Å². The highest BCUT2D eigenvalue weighted by atomic mass is 32.1. The lowest BCUT2D eigenvalue weighted by atomic mass is 9.96. The molecule has 2 heterocycles. The third-order valence-corrected chi connectivity index (χ3v) is 7.14. The highest BCUT2D eigenvalue weighted by Crippen LogP contribution is 2.26. The van der Waals surface area contributed by atoms with Crippen molar-refractivity contribution in [2.24, 2.45) is 0 Å². The van der Waals surface area contributed by atoms with Gasteiger partial charge in [0, 0.05) is 49.7 Å². The molecule has 2 aromatic rings. The van der Waals surface area contributed by atoms with E-state index < -0.39 is 36.4 Å². The van der Waals surface area contributed by atoms with Gasteiger partial charge >= 0.3 is 17.9 Å². The van der Waals surface area contributed by atoms with E-state index in [0.29, 0.717) is 16.3 Å². The number of nitrogens with one attached hydrogen (secondary N) is 1. The van der Waals surface area contributed by atoms with Gasteiger partial charge in [0.1, 0.15) is 10.8 Å². The Morgan fingerprint density at radius 2 is 1.68 bits per heavy atom. The Bertz CT molecular complexity index is 1150. The van der Waals surface area contributed by atoms with Crippen LogP contribution in [0.25, 0.3) is 10.6 Å². The van der Waals surface area contributed by atoms with E-state index in [2.05, 4.69) is 34.1 Å². The average molecular weight is 583 g/mol. The zero-order chi connectivity index (χ0) is 29.9. The Hall–Kier alpha value is -3.46. The van der Waals surface area contributed by atoms with Crippen molar-refractivity contribution in [1.82, 2.24) is 20.1 Å². The summed E-state index contributed by atoms with van der Waals surface area (Å²) in [5, 5.41) is 39.4. The molecule has 220 valence electrons. The van der Waals surface area contributed by atoms with Gasteiger partial charge in [-0.05, 0) is 25.6 Å². The van der Waals surface area contributed by atoms with Crippen molar-refractivity contribution >= 4 is 35.2 Å². The summed E-state index contributed by atoms with van der Waals surface area (Å²) in [5.74, 6) is -5.34. The molecule has 40 heavy (non-hydrogen) atoms. The molecule has 0 aliphatic carbocycles. The first-order valence-corrected chi connectivity index (χ1v) is 13.5. The lowest BCUT2D eigenvalue weighted by molar-refractivity contribution is -0.170. The number of likely N-dealkylation sites (N-methyl/N-ethyl adjacent to an activating group) is 1. The number of amides is 1. The number of nitrogens with zero attached hydrogens (tertiary/aromatic N) is 3. The van der Waals surface area contributed by atoms with Gasteiger partial charge in [0.25, 0.3) is 0 Å². The fourth-order valence-electron chi connectivity index (χ4n) is 3.92. The standard InChI is InChI=1S/C20H27FN4OS.C6H8O7/c1-3-15(13-25-10-8-24(2)9-11-25)22-19(26)12-16-14-27-20(23-16)17-6-4-5-7-18(17)21;7-3(8)1-6(13,5(11)12)2-4(9)10/h4-7,14-15H,3,8-13H2,1-2H3,(H,22,26);13H,1-2H2,(H,7,8)(H,9,10)(H,11,12). The zero-order valence-corrected chi connectivity index (χ0v) is 23.2. The molecule has 0 saturated carbocycles. The number of aliphatic hydroxyl groups is 1. The Balaban J connectivity index is 0.000000366. The molecule has 1 aromatic carbocycles. The van der Waals surface area contributed by atoms with Gasteiger partial charge in [-0.2, -0.15) is 0 Å². The quantitative estimate of drug-likeness (QED) is 0.244. The average Bonchev–Trinajstić information content (AvgIpc) is 3.32. The second kappa shape index (κ2) is 15.4. The molecule has 1 aliphatic heterocycles. The van der Waals surface area contributed by atoms with E-state index in [1.165, 1.54) is 17.4 Å². The number of halogens is 1. The monoisotopic (exact) mass is 582 g/mol. The number of carbonyl (C=O) groups is 4. The van der Waals surface area contributed by atoms with Gasteiger partial charge in [0.15, 0.2) is 5.60 Å². The molecule has 5 N–H and O–H groups in total. The van der Waals surface area contributed by atoms with Crippen LogP contribution in [-0.4, -0.2) is 110 Å². The highest BCUT2D eigenvalue weighted by Gasteiger charge is 2.40. The Labute approximate surface area is 235 Å². The van der Waals surface area contributed by atoms with Crippen LogP contribution < -0.4 is 5.32 Å². The maximum absolute atomic E-state index is 13.9. The molecule has 1 unspecified atom stereocenters. The maximum Gasteiger partial charge on any atom is 0.336 e. The van der Waals surface area contributed by atoms with E-state index in [4.69, 9.17) is 20.4 Å². The normalized spacial score (nSPS) is 15.0. The van der Waals surface area contributed by atoms with E-state index in [0.717, 1.165) is 39.1 Å². The van der Waals surface area contributed by atoms with Crippen LogP contribution in [0.1, 0.15) is 31.9 Å². The van der Waals surface area contributed by atoms with Crippen LogP contribution >= 0.6 is 11.3 Å². The number of hydrogen-bond donors (Lipinski definition) is 5. The van der Waals surface area contributed by atoms with E-state index in [1.54, 1.807) is 18.2 Å². The molecule has 1 aliphatic rings. The number of aromatic nitrogens is 1. The molecule has 3 rings (SSSR count). The van der Waals surface area contributed by atoms with Crippen molar-refractivity contribution in [1.29, 1.82) is 0 Å². The van der Waals surface area contributed by atoms with Gasteiger partial charge in [0.05, 0.1) is 25.0 Å². The van der Waals surface area contributed by atoms with Crippen molar-refractivity contribution in [2.75, 3.05) is 39.8 Å². The molecule has 0 bridgehead atoms. The zero-order valence-electron chi connectivity index (χ0n) is 22.4. The minimum absolute atomic E-state index is 0.0265. The number of rotatable bonds is 12. The minimum Gasteiger partial charge on any atom is -0.481 e. The first-order chi connectivity index (χ1) is 18.8. The number of carbonyl (C=O) groups excluding carboxylic acids is 1. The number of carboxylic acids is 3. The van der Waals surface area contributed by atoms with Gasteiger partial charge in [-0.15, -0.1) is 11.3 Å². The summed E-state index contributed by atoms with van der Waals surface area (Å²) in [7, 11) is 2.14. The van der Waals surface area contributed by atoms with Gasteiger partial charge < -0.3 is 30.6 Å². The molecule has 1 fully saturated rings. The van der Waals surface area contributed by atoms with Gasteiger partial charge in [-0.1, -0.05) is 19.1 Å². The van der Waals surface area contributed by atoms with Crippen LogP contribution in [0.5, 0.6) is 0 Å². The number of piperazine rings is 1. The largest absolute Gasteiger partial charge is 0.481 e. The molecular formula is C26H35FN4O8S. The second-order valence-electron chi connectivity index (χ2n) is 9.55. The predicted molar refractivity (Wildman–Crippen MR) is 144 cm³/mol. The smallest absolute Gasteiger partial charge is 0.336 e. The van der Waals surface area contributed by atoms with Crippen molar-refractivity contribution in [2.45, 2.75) is 44.2 Å². The van der Waals surface area contributed by atoms with Crippen LogP contribution in [0.4, 0.5) is 4.39 Å². The second-order valence-corrected chi connectivity index (χ2v) is 10.4. The van der Waals surface area contributed by atoms with Crippen LogP contribution in [0, 0.1) is 5.82 Å². The summed E-state index contributed by atoms with van der Waals surface area (Å²) in [5.41, 5.74) is -1.57. The summed E-state index contributed by atoms with van der Waals surface area (Å²) in [4.78, 5) is 52.1. The molecule has 1 atom stereocenters. The molecule has 1 amide bonds. The lowest BCUT2D eigenvalue weighted by Crippen LogP contribution is -2.50. The summed E-state index contributed by atoms with van der Waals surface area (Å²) < 4.78 is 13.9. The van der Waals surface area contributed by atoms with Crippen molar-refractivity contribution in [3.05, 3.63) is 41.2 Å². The van der Waals surface area contributed by atoms with Crippen LogP contribution in [0.15, 0.2) is 29.6 Å². The highest BCUT2D eigenvalue weighted by molar-refractivity contribution is 7.13. The fraction of sp³-hybridized carbons (Fsp3) is 0.500. The molecule has 0 radical (unpaired) electrons. The third kappa shape index (κ3) is 10.6. The van der Waals surface area contributed by atoms with Crippen LogP contribution in [0.2, 0.25) is 0 Å². The first kappa shape index (κ1) is 32.8. The van der Waals surface area contributed by atoms with Crippen molar-refractivity contribution in [3.8, 4) is 10.6 Å². The van der Waals surface area contributed by atoms with Gasteiger partial charge in [-0.25, -0.2) is 14.2 Å². The Kier molecular flexibility index (Phi) is 12.6.